The van der Waals surface area contributed by atoms with Gasteiger partial charge in [0.25, 0.3) is 5.91 Å². The lowest BCUT2D eigenvalue weighted by molar-refractivity contribution is -0.139. The molecule has 5 heteroatoms. The van der Waals surface area contributed by atoms with E-state index in [2.05, 4.69) is 10.3 Å². The summed E-state index contributed by atoms with van der Waals surface area (Å²) in [7, 11) is 0. The first-order valence-corrected chi connectivity index (χ1v) is 6.24. The van der Waals surface area contributed by atoms with Gasteiger partial charge in [-0.25, -0.2) is 0 Å². The second-order valence-electron chi connectivity index (χ2n) is 4.53. The minimum atomic E-state index is -1.16. The summed E-state index contributed by atoms with van der Waals surface area (Å²) in [5.41, 5.74) is -1.16. The molecule has 1 amide bonds. The average molecular weight is 250 g/mol. The fourth-order valence-electron chi connectivity index (χ4n) is 2.12. The van der Waals surface area contributed by atoms with Gasteiger partial charge < -0.3 is 15.2 Å². The molecule has 2 rings (SSSR count). The number of hydrogen-bond donors (Lipinski definition) is 2. The smallest absolute Gasteiger partial charge is 0.252 e. The van der Waals surface area contributed by atoms with E-state index in [-0.39, 0.29) is 5.91 Å². The molecule has 0 radical (unpaired) electrons. The first-order valence-electron chi connectivity index (χ1n) is 6.24. The standard InChI is InChI=1S/C13H18N2O3/c16-12(13(17)5-1-2-6-13)15-8-9-18-11-4-3-7-14-10-11/h3-4,7,10,17H,1-2,5-6,8-9H2,(H,15,16). The number of aliphatic hydroxyl groups is 1. The second kappa shape index (κ2) is 5.82. The molecule has 0 atom stereocenters. The Morgan fingerprint density at radius 1 is 1.50 bits per heavy atom. The van der Waals surface area contributed by atoms with Gasteiger partial charge >= 0.3 is 0 Å². The molecule has 1 aliphatic carbocycles. The highest BCUT2D eigenvalue weighted by Crippen LogP contribution is 2.29. The van der Waals surface area contributed by atoms with Crippen molar-refractivity contribution in [3.05, 3.63) is 24.5 Å². The molecule has 98 valence electrons. The SMILES string of the molecule is O=C(NCCOc1cccnc1)C1(O)CCCC1. The lowest BCUT2D eigenvalue weighted by atomic mass is 10.0. The van der Waals surface area contributed by atoms with E-state index in [1.165, 1.54) is 0 Å². The largest absolute Gasteiger partial charge is 0.490 e. The van der Waals surface area contributed by atoms with Crippen molar-refractivity contribution in [3.63, 3.8) is 0 Å². The maximum Gasteiger partial charge on any atom is 0.252 e. The molecule has 5 nitrogen and oxygen atoms in total. The molecular weight excluding hydrogens is 232 g/mol. The summed E-state index contributed by atoms with van der Waals surface area (Å²) >= 11 is 0. The summed E-state index contributed by atoms with van der Waals surface area (Å²) in [5, 5.41) is 12.7. The molecule has 0 saturated heterocycles. The fraction of sp³-hybridized carbons (Fsp3) is 0.538. The molecule has 0 spiro atoms. The van der Waals surface area contributed by atoms with Crippen molar-refractivity contribution >= 4 is 5.91 Å². The van der Waals surface area contributed by atoms with Gasteiger partial charge in [-0.1, -0.05) is 0 Å². The zero-order valence-corrected chi connectivity index (χ0v) is 10.3. The lowest BCUT2D eigenvalue weighted by Crippen LogP contribution is -2.45. The third kappa shape index (κ3) is 3.20. The number of nitrogens with zero attached hydrogens (tertiary/aromatic N) is 1. The van der Waals surface area contributed by atoms with E-state index in [9.17, 15) is 9.90 Å². The van der Waals surface area contributed by atoms with Crippen molar-refractivity contribution in [1.82, 2.24) is 10.3 Å². The molecular formula is C13H18N2O3. The second-order valence-corrected chi connectivity index (χ2v) is 4.53. The van der Waals surface area contributed by atoms with Crippen LogP contribution in [-0.4, -0.2) is 34.8 Å². The third-order valence-corrected chi connectivity index (χ3v) is 3.14. The average Bonchev–Trinajstić information content (AvgIpc) is 2.84. The predicted molar refractivity (Wildman–Crippen MR) is 66.2 cm³/mol. The zero-order chi connectivity index (χ0) is 12.8. The fourth-order valence-corrected chi connectivity index (χ4v) is 2.12. The number of pyridine rings is 1. The van der Waals surface area contributed by atoms with Gasteiger partial charge in [-0.15, -0.1) is 0 Å². The number of aromatic nitrogens is 1. The Morgan fingerprint density at radius 3 is 2.94 bits per heavy atom. The maximum absolute atomic E-state index is 11.7. The van der Waals surface area contributed by atoms with E-state index in [1.807, 2.05) is 0 Å². The summed E-state index contributed by atoms with van der Waals surface area (Å²) in [6, 6.07) is 3.59. The first kappa shape index (κ1) is 12.8. The number of hydrogen-bond acceptors (Lipinski definition) is 4. The van der Waals surface area contributed by atoms with Crippen LogP contribution in [0.1, 0.15) is 25.7 Å². The van der Waals surface area contributed by atoms with Crippen molar-refractivity contribution < 1.29 is 14.6 Å². The van der Waals surface area contributed by atoms with Crippen LogP contribution in [0.2, 0.25) is 0 Å². The quantitative estimate of drug-likeness (QED) is 0.761. The summed E-state index contributed by atoms with van der Waals surface area (Å²) in [4.78, 5) is 15.7. The third-order valence-electron chi connectivity index (χ3n) is 3.14. The number of carbonyl (C=O) groups excluding carboxylic acids is 1. The summed E-state index contributed by atoms with van der Waals surface area (Å²) < 4.78 is 5.39. The van der Waals surface area contributed by atoms with E-state index in [4.69, 9.17) is 4.74 Å². The van der Waals surface area contributed by atoms with Crippen molar-refractivity contribution in [2.75, 3.05) is 13.2 Å². The van der Waals surface area contributed by atoms with Crippen LogP contribution in [0.4, 0.5) is 0 Å². The van der Waals surface area contributed by atoms with Crippen LogP contribution in [0.25, 0.3) is 0 Å². The minimum absolute atomic E-state index is 0.283. The molecule has 1 fully saturated rings. The molecule has 1 heterocycles. The van der Waals surface area contributed by atoms with Crippen molar-refractivity contribution in [2.24, 2.45) is 0 Å². The Hall–Kier alpha value is -1.62. The Balaban J connectivity index is 1.68. The Morgan fingerprint density at radius 2 is 2.28 bits per heavy atom. The van der Waals surface area contributed by atoms with Gasteiger partial charge in [0.05, 0.1) is 12.7 Å². The van der Waals surface area contributed by atoms with Gasteiger partial charge in [0, 0.05) is 6.20 Å². The Bertz CT molecular complexity index is 388. The van der Waals surface area contributed by atoms with Gasteiger partial charge in [-0.05, 0) is 37.8 Å². The van der Waals surface area contributed by atoms with Crippen LogP contribution < -0.4 is 10.1 Å². The number of nitrogens with one attached hydrogen (secondary N) is 1. The van der Waals surface area contributed by atoms with Crippen molar-refractivity contribution in [3.8, 4) is 5.75 Å². The van der Waals surface area contributed by atoms with Crippen molar-refractivity contribution in [1.29, 1.82) is 0 Å². The van der Waals surface area contributed by atoms with Crippen LogP contribution >= 0.6 is 0 Å². The molecule has 1 saturated carbocycles. The van der Waals surface area contributed by atoms with Crippen LogP contribution in [0.3, 0.4) is 0 Å². The number of ether oxygens (including phenoxy) is 1. The molecule has 2 N–H and O–H groups in total. The molecule has 0 aromatic carbocycles. The van der Waals surface area contributed by atoms with Crippen LogP contribution in [0, 0.1) is 0 Å². The lowest BCUT2D eigenvalue weighted by Gasteiger charge is -2.20. The highest BCUT2D eigenvalue weighted by atomic mass is 16.5. The number of rotatable bonds is 5. The number of amides is 1. The maximum atomic E-state index is 11.7. The highest BCUT2D eigenvalue weighted by molar-refractivity contribution is 5.85. The molecule has 1 aliphatic rings. The molecule has 1 aromatic rings. The van der Waals surface area contributed by atoms with Crippen LogP contribution in [0.5, 0.6) is 5.75 Å². The van der Waals surface area contributed by atoms with E-state index in [0.29, 0.717) is 31.7 Å². The zero-order valence-electron chi connectivity index (χ0n) is 10.3. The van der Waals surface area contributed by atoms with E-state index in [0.717, 1.165) is 12.8 Å². The van der Waals surface area contributed by atoms with Crippen LogP contribution in [-0.2, 0) is 4.79 Å². The number of carbonyl (C=O) groups is 1. The highest BCUT2D eigenvalue weighted by Gasteiger charge is 2.38. The molecule has 1 aromatic heterocycles. The predicted octanol–water partition coefficient (Wildman–Crippen LogP) is 0.882. The summed E-state index contributed by atoms with van der Waals surface area (Å²) in [5.74, 6) is 0.390. The molecule has 0 bridgehead atoms. The van der Waals surface area contributed by atoms with Gasteiger partial charge in [0.2, 0.25) is 0 Å². The Labute approximate surface area is 106 Å². The summed E-state index contributed by atoms with van der Waals surface area (Å²) in [6.45, 7) is 0.754. The normalized spacial score (nSPS) is 17.4. The van der Waals surface area contributed by atoms with E-state index in [1.54, 1.807) is 24.5 Å². The monoisotopic (exact) mass is 250 g/mol. The van der Waals surface area contributed by atoms with Gasteiger partial charge in [0.15, 0.2) is 0 Å². The first-order chi connectivity index (χ1) is 8.71. The van der Waals surface area contributed by atoms with E-state index >= 15 is 0 Å². The topological polar surface area (TPSA) is 71.5 Å². The Kier molecular flexibility index (Phi) is 4.15. The molecule has 0 aliphatic heterocycles. The molecule has 18 heavy (non-hydrogen) atoms. The summed E-state index contributed by atoms with van der Waals surface area (Å²) in [6.07, 6.45) is 6.23. The van der Waals surface area contributed by atoms with Gasteiger partial charge in [-0.2, -0.15) is 0 Å². The van der Waals surface area contributed by atoms with Crippen molar-refractivity contribution in [2.45, 2.75) is 31.3 Å². The van der Waals surface area contributed by atoms with Gasteiger partial charge in [-0.3, -0.25) is 9.78 Å². The van der Waals surface area contributed by atoms with Crippen LogP contribution in [0.15, 0.2) is 24.5 Å². The van der Waals surface area contributed by atoms with Gasteiger partial charge in [0.1, 0.15) is 18.0 Å². The minimum Gasteiger partial charge on any atom is -0.490 e. The van der Waals surface area contributed by atoms with E-state index < -0.39 is 5.60 Å². The molecule has 0 unspecified atom stereocenters.